The van der Waals surface area contributed by atoms with Crippen LogP contribution in [0.15, 0.2) is 54.9 Å². The Kier molecular flexibility index (Phi) is 12.3. The van der Waals surface area contributed by atoms with Crippen LogP contribution in [0.3, 0.4) is 0 Å². The number of aromatic nitrogens is 3. The highest BCUT2D eigenvalue weighted by Crippen LogP contribution is 2.41. The number of ether oxygens (including phenoxy) is 2. The van der Waals surface area contributed by atoms with Crippen molar-refractivity contribution in [1.82, 2.24) is 30.5 Å². The van der Waals surface area contributed by atoms with Gasteiger partial charge in [-0.25, -0.2) is 19.2 Å². The number of nitrogens with one attached hydrogen (secondary N) is 3. The average molecular weight is 741 g/mol. The van der Waals surface area contributed by atoms with E-state index in [1.165, 1.54) is 18.2 Å². The summed E-state index contributed by atoms with van der Waals surface area (Å²) in [6.45, 7) is 6.24. The molecule has 1 atom stereocenters. The number of anilines is 2. The Morgan fingerprint density at radius 1 is 1.08 bits per heavy atom. The molecule has 3 aromatic heterocycles. The predicted octanol–water partition coefficient (Wildman–Crippen LogP) is 6.50. The number of hydrogen-bond acceptors (Lipinski definition) is 10. The second kappa shape index (κ2) is 16.6. The van der Waals surface area contributed by atoms with Crippen molar-refractivity contribution >= 4 is 46.7 Å². The van der Waals surface area contributed by atoms with E-state index >= 15 is 4.39 Å². The zero-order valence-corrected chi connectivity index (χ0v) is 30.2. The zero-order valence-electron chi connectivity index (χ0n) is 28.7. The molecule has 0 aliphatic carbocycles. The van der Waals surface area contributed by atoms with Gasteiger partial charge in [-0.05, 0) is 57.5 Å². The van der Waals surface area contributed by atoms with Crippen LogP contribution in [0, 0.1) is 5.82 Å². The van der Waals surface area contributed by atoms with Gasteiger partial charge in [0, 0.05) is 66.7 Å². The molecule has 51 heavy (non-hydrogen) atoms. The number of rotatable bonds is 13. The van der Waals surface area contributed by atoms with Crippen molar-refractivity contribution < 1.29 is 28.6 Å². The summed E-state index contributed by atoms with van der Waals surface area (Å²) in [7, 11) is 1.49. The largest absolute Gasteiger partial charge is 0.481 e. The van der Waals surface area contributed by atoms with Gasteiger partial charge in [0.05, 0.1) is 47.4 Å². The van der Waals surface area contributed by atoms with Gasteiger partial charge in [0.1, 0.15) is 5.60 Å². The first-order valence-electron chi connectivity index (χ1n) is 16.4. The fourth-order valence-electron chi connectivity index (χ4n) is 5.51. The third kappa shape index (κ3) is 9.41. The van der Waals surface area contributed by atoms with E-state index in [4.69, 9.17) is 42.8 Å². The molecule has 1 fully saturated rings. The quantitative estimate of drug-likeness (QED) is 0.112. The number of hydrogen-bond donors (Lipinski definition) is 4. The average Bonchev–Trinajstić information content (AvgIpc) is 3.51. The van der Waals surface area contributed by atoms with Gasteiger partial charge >= 0.3 is 6.09 Å². The van der Waals surface area contributed by atoms with Crippen molar-refractivity contribution in [2.24, 2.45) is 0 Å². The monoisotopic (exact) mass is 739 g/mol. The Labute approximate surface area is 305 Å². The number of methoxy groups -OCH3 is 1. The van der Waals surface area contributed by atoms with E-state index in [0.29, 0.717) is 58.7 Å². The highest BCUT2D eigenvalue weighted by molar-refractivity contribution is 6.39. The third-order valence-corrected chi connectivity index (χ3v) is 8.71. The van der Waals surface area contributed by atoms with Crippen molar-refractivity contribution in [3.05, 3.63) is 81.8 Å². The molecule has 0 bridgehead atoms. The Balaban J connectivity index is 1.41. The number of aliphatic hydroxyl groups is 1. The predicted molar refractivity (Wildman–Crippen MR) is 194 cm³/mol. The van der Waals surface area contributed by atoms with Gasteiger partial charge in [0.25, 0.3) is 0 Å². The van der Waals surface area contributed by atoms with Crippen molar-refractivity contribution in [2.75, 3.05) is 32.1 Å². The standard InChI is InChI=1S/C36H40Cl2FN7O5/c1-36(2,3)51-35(49)46(20-23-9-11-28(48)43-23)19-22-8-10-26(45-34(22)50-4)24-13-15-41-32(30(24)38)25-6-5-7-27(29(25)37)44-33-31(39)21(12-14-42-33)18-40-16-17-47/h5-8,10,12-15,23,40,47H,9,11,16-20H2,1-4H3,(H,42,44)(H,43,48)/t23-/m0/s1. The number of carbonyl (C=O) groups excluding carboxylic acids is 2. The molecule has 0 radical (unpaired) electrons. The van der Waals surface area contributed by atoms with Crippen molar-refractivity contribution in [1.29, 1.82) is 0 Å². The summed E-state index contributed by atoms with van der Waals surface area (Å²) >= 11 is 13.8. The van der Waals surface area contributed by atoms with Crippen molar-refractivity contribution in [3.8, 4) is 28.4 Å². The molecule has 4 aromatic rings. The second-order valence-corrected chi connectivity index (χ2v) is 13.6. The van der Waals surface area contributed by atoms with Gasteiger partial charge in [-0.1, -0.05) is 35.3 Å². The Morgan fingerprint density at radius 2 is 1.86 bits per heavy atom. The van der Waals surface area contributed by atoms with Gasteiger partial charge < -0.3 is 35.4 Å². The van der Waals surface area contributed by atoms with E-state index in [2.05, 4.69) is 25.9 Å². The van der Waals surface area contributed by atoms with Crippen LogP contribution in [0.5, 0.6) is 5.88 Å². The summed E-state index contributed by atoms with van der Waals surface area (Å²) in [6.07, 6.45) is 3.56. The van der Waals surface area contributed by atoms with Gasteiger partial charge in [0.15, 0.2) is 11.6 Å². The number of amides is 2. The van der Waals surface area contributed by atoms with Crippen LogP contribution < -0.4 is 20.7 Å². The van der Waals surface area contributed by atoms with Crippen LogP contribution in [0.1, 0.15) is 44.7 Å². The Hall–Kier alpha value is -4.56. The lowest BCUT2D eigenvalue weighted by Gasteiger charge is -2.29. The van der Waals surface area contributed by atoms with E-state index in [1.54, 1.807) is 69.4 Å². The van der Waals surface area contributed by atoms with Crippen LogP contribution in [0.25, 0.3) is 22.5 Å². The number of carbonyl (C=O) groups is 2. The molecular weight excluding hydrogens is 700 g/mol. The first-order valence-corrected chi connectivity index (χ1v) is 17.1. The summed E-state index contributed by atoms with van der Waals surface area (Å²) in [4.78, 5) is 40.0. The minimum Gasteiger partial charge on any atom is -0.481 e. The van der Waals surface area contributed by atoms with Crippen LogP contribution in [0.4, 0.5) is 20.7 Å². The minimum atomic E-state index is -0.717. The molecule has 0 spiro atoms. The molecule has 1 aliphatic heterocycles. The summed E-state index contributed by atoms with van der Waals surface area (Å²) in [5.41, 5.74) is 2.57. The lowest BCUT2D eigenvalue weighted by atomic mass is 10.1. The normalized spacial score (nSPS) is 14.3. The van der Waals surface area contributed by atoms with E-state index in [9.17, 15) is 9.59 Å². The fourth-order valence-corrected chi connectivity index (χ4v) is 6.08. The highest BCUT2D eigenvalue weighted by Gasteiger charge is 2.29. The van der Waals surface area contributed by atoms with E-state index in [-0.39, 0.29) is 59.9 Å². The molecule has 0 saturated carbocycles. The molecule has 5 rings (SSSR count). The van der Waals surface area contributed by atoms with Crippen molar-refractivity contribution in [3.63, 3.8) is 0 Å². The van der Waals surface area contributed by atoms with Gasteiger partial charge in [-0.15, -0.1) is 0 Å². The molecule has 1 saturated heterocycles. The molecule has 270 valence electrons. The van der Waals surface area contributed by atoms with Gasteiger partial charge in [-0.2, -0.15) is 0 Å². The number of halogens is 3. The van der Waals surface area contributed by atoms with Gasteiger partial charge in [-0.3, -0.25) is 9.78 Å². The maximum absolute atomic E-state index is 15.3. The minimum absolute atomic E-state index is 0.0141. The third-order valence-electron chi connectivity index (χ3n) is 7.92. The summed E-state index contributed by atoms with van der Waals surface area (Å²) in [5, 5.41) is 18.4. The Morgan fingerprint density at radius 3 is 2.57 bits per heavy atom. The van der Waals surface area contributed by atoms with Crippen LogP contribution in [-0.4, -0.2) is 75.4 Å². The molecule has 1 aliphatic rings. The van der Waals surface area contributed by atoms with Crippen molar-refractivity contribution in [2.45, 2.75) is 58.3 Å². The number of aliphatic hydroxyl groups excluding tert-OH is 1. The topological polar surface area (TPSA) is 151 Å². The smallest absolute Gasteiger partial charge is 0.410 e. The highest BCUT2D eigenvalue weighted by atomic mass is 35.5. The van der Waals surface area contributed by atoms with E-state index in [0.717, 1.165) is 0 Å². The zero-order chi connectivity index (χ0) is 36.7. The molecule has 4 heterocycles. The summed E-state index contributed by atoms with van der Waals surface area (Å²) < 4.78 is 26.6. The van der Waals surface area contributed by atoms with Crippen LogP contribution in [0.2, 0.25) is 10.0 Å². The maximum atomic E-state index is 15.3. The molecule has 1 aromatic carbocycles. The molecular formula is C36H40Cl2FN7O5. The van der Waals surface area contributed by atoms with E-state index < -0.39 is 17.5 Å². The first kappa shape index (κ1) is 37.7. The number of benzene rings is 1. The van der Waals surface area contributed by atoms with E-state index in [1.807, 2.05) is 0 Å². The Bertz CT molecular complexity index is 1890. The maximum Gasteiger partial charge on any atom is 0.410 e. The number of pyridine rings is 3. The summed E-state index contributed by atoms with van der Waals surface area (Å²) in [5.74, 6) is -0.339. The molecule has 12 nitrogen and oxygen atoms in total. The first-order chi connectivity index (χ1) is 24.4. The van der Waals surface area contributed by atoms with Gasteiger partial charge in [0.2, 0.25) is 11.8 Å². The SMILES string of the molecule is COc1nc(-c2ccnc(-c3cccc(Nc4nccc(CNCCO)c4F)c3Cl)c2Cl)ccc1CN(C[C@@H]1CCC(=O)N1)C(=O)OC(C)(C)C. The fraction of sp³-hybridized carbons (Fsp3) is 0.361. The molecule has 15 heteroatoms. The summed E-state index contributed by atoms with van der Waals surface area (Å²) in [6, 6.07) is 11.8. The second-order valence-electron chi connectivity index (χ2n) is 12.9. The van der Waals surface area contributed by atoms with Crippen LogP contribution >= 0.6 is 23.2 Å². The number of nitrogens with zero attached hydrogens (tertiary/aromatic N) is 4. The molecule has 4 N–H and O–H groups in total. The molecule has 0 unspecified atom stereocenters. The van der Waals surface area contributed by atoms with Crippen LogP contribution in [-0.2, 0) is 22.6 Å². The lowest BCUT2D eigenvalue weighted by Crippen LogP contribution is -2.43. The molecule has 2 amide bonds. The lowest BCUT2D eigenvalue weighted by molar-refractivity contribution is -0.119.